The SMILES string of the molecule is CCCOc1ccc(NC(=O)C(C)(CCC)OC)c2ccccc12. The van der Waals surface area contributed by atoms with Crippen LogP contribution < -0.4 is 10.1 Å². The molecule has 4 nitrogen and oxygen atoms in total. The van der Waals surface area contributed by atoms with Gasteiger partial charge < -0.3 is 14.8 Å². The Morgan fingerprint density at radius 1 is 1.08 bits per heavy atom. The molecule has 24 heavy (non-hydrogen) atoms. The molecule has 0 aromatic heterocycles. The van der Waals surface area contributed by atoms with Gasteiger partial charge in [0.2, 0.25) is 0 Å². The average Bonchev–Trinajstić information content (AvgIpc) is 2.61. The van der Waals surface area contributed by atoms with Gasteiger partial charge in [-0.15, -0.1) is 0 Å². The summed E-state index contributed by atoms with van der Waals surface area (Å²) in [5.41, 5.74) is -0.0495. The molecule has 2 rings (SSSR count). The molecule has 130 valence electrons. The first-order valence-electron chi connectivity index (χ1n) is 8.57. The first kappa shape index (κ1) is 18.3. The summed E-state index contributed by atoms with van der Waals surface area (Å²) in [6.45, 7) is 6.62. The maximum atomic E-state index is 12.7. The largest absolute Gasteiger partial charge is 0.493 e. The van der Waals surface area contributed by atoms with E-state index in [0.717, 1.165) is 35.1 Å². The minimum Gasteiger partial charge on any atom is -0.493 e. The fourth-order valence-electron chi connectivity index (χ4n) is 2.76. The van der Waals surface area contributed by atoms with Crippen molar-refractivity contribution in [2.45, 2.75) is 45.6 Å². The summed E-state index contributed by atoms with van der Waals surface area (Å²) >= 11 is 0. The van der Waals surface area contributed by atoms with E-state index in [1.165, 1.54) is 0 Å². The van der Waals surface area contributed by atoms with Gasteiger partial charge in [-0.05, 0) is 31.9 Å². The van der Waals surface area contributed by atoms with Crippen LogP contribution in [0.3, 0.4) is 0 Å². The number of benzene rings is 2. The molecule has 1 atom stereocenters. The predicted octanol–water partition coefficient (Wildman–Crippen LogP) is 4.77. The lowest BCUT2D eigenvalue weighted by atomic mass is 9.98. The molecule has 0 spiro atoms. The van der Waals surface area contributed by atoms with Crippen LogP contribution in [0.25, 0.3) is 10.8 Å². The molecular formula is C20H27NO3. The standard InChI is InChI=1S/C20H27NO3/c1-5-13-20(3,23-4)19(22)21-17-11-12-18(24-14-6-2)16-10-8-7-9-15(16)17/h7-12H,5-6,13-14H2,1-4H3,(H,21,22). The van der Waals surface area contributed by atoms with E-state index in [1.54, 1.807) is 7.11 Å². The molecule has 1 N–H and O–H groups in total. The molecule has 0 saturated carbocycles. The molecule has 0 heterocycles. The number of nitrogens with one attached hydrogen (secondary N) is 1. The second-order valence-electron chi connectivity index (χ2n) is 6.14. The van der Waals surface area contributed by atoms with Crippen LogP contribution in [0.2, 0.25) is 0 Å². The van der Waals surface area contributed by atoms with Gasteiger partial charge in [0.25, 0.3) is 5.91 Å². The van der Waals surface area contributed by atoms with Crippen LogP contribution in [0.5, 0.6) is 5.75 Å². The Bertz CT molecular complexity index is 698. The van der Waals surface area contributed by atoms with E-state index in [9.17, 15) is 4.79 Å². The number of hydrogen-bond acceptors (Lipinski definition) is 3. The van der Waals surface area contributed by atoms with E-state index < -0.39 is 5.60 Å². The maximum Gasteiger partial charge on any atom is 0.256 e. The first-order chi connectivity index (χ1) is 11.6. The third-order valence-corrected chi connectivity index (χ3v) is 4.25. The van der Waals surface area contributed by atoms with Gasteiger partial charge in [-0.3, -0.25) is 4.79 Å². The normalized spacial score (nSPS) is 13.5. The fourth-order valence-corrected chi connectivity index (χ4v) is 2.76. The smallest absolute Gasteiger partial charge is 0.256 e. The van der Waals surface area contributed by atoms with E-state index in [1.807, 2.05) is 50.2 Å². The van der Waals surface area contributed by atoms with E-state index in [-0.39, 0.29) is 5.91 Å². The van der Waals surface area contributed by atoms with Crippen LogP contribution >= 0.6 is 0 Å². The highest BCUT2D eigenvalue weighted by Gasteiger charge is 2.32. The number of ether oxygens (including phenoxy) is 2. The lowest BCUT2D eigenvalue weighted by Gasteiger charge is -2.26. The highest BCUT2D eigenvalue weighted by molar-refractivity contribution is 6.06. The van der Waals surface area contributed by atoms with Crippen LogP contribution in [-0.2, 0) is 9.53 Å². The van der Waals surface area contributed by atoms with Crippen LogP contribution in [0.1, 0.15) is 40.0 Å². The highest BCUT2D eigenvalue weighted by Crippen LogP contribution is 2.32. The predicted molar refractivity (Wildman–Crippen MR) is 98.7 cm³/mol. The highest BCUT2D eigenvalue weighted by atomic mass is 16.5. The van der Waals surface area contributed by atoms with Gasteiger partial charge in [0, 0.05) is 23.6 Å². The number of carbonyl (C=O) groups excluding carboxylic acids is 1. The van der Waals surface area contributed by atoms with Crippen LogP contribution in [0, 0.1) is 0 Å². The molecule has 0 aliphatic rings. The summed E-state index contributed by atoms with van der Waals surface area (Å²) in [6, 6.07) is 11.8. The van der Waals surface area contributed by atoms with Crippen LogP contribution in [-0.4, -0.2) is 25.2 Å². The topological polar surface area (TPSA) is 47.6 Å². The Morgan fingerprint density at radius 3 is 2.42 bits per heavy atom. The second-order valence-corrected chi connectivity index (χ2v) is 6.14. The lowest BCUT2D eigenvalue weighted by molar-refractivity contribution is -0.136. The molecule has 1 unspecified atom stereocenters. The molecule has 4 heteroatoms. The van der Waals surface area contributed by atoms with Gasteiger partial charge in [0.15, 0.2) is 0 Å². The van der Waals surface area contributed by atoms with E-state index in [4.69, 9.17) is 9.47 Å². The fraction of sp³-hybridized carbons (Fsp3) is 0.450. The van der Waals surface area contributed by atoms with Gasteiger partial charge in [-0.2, -0.15) is 0 Å². The lowest BCUT2D eigenvalue weighted by Crippen LogP contribution is -2.41. The third kappa shape index (κ3) is 3.88. The van der Waals surface area contributed by atoms with Crippen LogP contribution in [0.15, 0.2) is 36.4 Å². The average molecular weight is 329 g/mol. The molecule has 2 aromatic carbocycles. The van der Waals surface area contributed by atoms with Gasteiger partial charge in [-0.25, -0.2) is 0 Å². The van der Waals surface area contributed by atoms with Crippen molar-refractivity contribution < 1.29 is 14.3 Å². The number of anilines is 1. The van der Waals surface area contributed by atoms with E-state index in [0.29, 0.717) is 13.0 Å². The van der Waals surface area contributed by atoms with Gasteiger partial charge in [0.1, 0.15) is 11.4 Å². The van der Waals surface area contributed by atoms with Crippen molar-refractivity contribution in [1.82, 2.24) is 0 Å². The zero-order valence-electron chi connectivity index (χ0n) is 15.0. The zero-order chi connectivity index (χ0) is 17.6. The molecule has 0 saturated heterocycles. The maximum absolute atomic E-state index is 12.7. The quantitative estimate of drug-likeness (QED) is 0.758. The molecule has 2 aromatic rings. The van der Waals surface area contributed by atoms with Gasteiger partial charge in [0.05, 0.1) is 6.61 Å². The monoisotopic (exact) mass is 329 g/mol. The minimum absolute atomic E-state index is 0.126. The zero-order valence-corrected chi connectivity index (χ0v) is 15.0. The van der Waals surface area contributed by atoms with Crippen LogP contribution in [0.4, 0.5) is 5.69 Å². The Balaban J connectivity index is 2.35. The Kier molecular flexibility index (Phi) is 6.21. The number of amides is 1. The molecule has 0 bridgehead atoms. The minimum atomic E-state index is -0.826. The number of hydrogen-bond donors (Lipinski definition) is 1. The van der Waals surface area contributed by atoms with E-state index >= 15 is 0 Å². The van der Waals surface area contributed by atoms with Crippen molar-refractivity contribution in [3.63, 3.8) is 0 Å². The molecule has 0 aliphatic carbocycles. The number of methoxy groups -OCH3 is 1. The summed E-state index contributed by atoms with van der Waals surface area (Å²) in [5, 5.41) is 4.99. The molecule has 0 aliphatic heterocycles. The van der Waals surface area contributed by atoms with Crippen molar-refractivity contribution >= 4 is 22.4 Å². The Morgan fingerprint density at radius 2 is 1.79 bits per heavy atom. The van der Waals surface area contributed by atoms with Crippen molar-refractivity contribution in [3.05, 3.63) is 36.4 Å². The number of rotatable bonds is 8. The molecular weight excluding hydrogens is 302 g/mol. The summed E-state index contributed by atoms with van der Waals surface area (Å²) in [5.74, 6) is 0.716. The van der Waals surface area contributed by atoms with E-state index in [2.05, 4.69) is 12.2 Å². The molecule has 1 amide bonds. The van der Waals surface area contributed by atoms with Gasteiger partial charge >= 0.3 is 0 Å². The second kappa shape index (κ2) is 8.15. The number of fused-ring (bicyclic) bond motifs is 1. The number of carbonyl (C=O) groups is 1. The summed E-state index contributed by atoms with van der Waals surface area (Å²) < 4.78 is 11.3. The van der Waals surface area contributed by atoms with Crippen molar-refractivity contribution in [1.29, 1.82) is 0 Å². The first-order valence-corrected chi connectivity index (χ1v) is 8.57. The summed E-state index contributed by atoms with van der Waals surface area (Å²) in [7, 11) is 1.58. The molecule has 0 radical (unpaired) electrons. The van der Waals surface area contributed by atoms with Crippen molar-refractivity contribution in [3.8, 4) is 5.75 Å². The third-order valence-electron chi connectivity index (χ3n) is 4.25. The summed E-state index contributed by atoms with van der Waals surface area (Å²) in [6.07, 6.45) is 2.50. The Hall–Kier alpha value is -2.07. The Labute approximate surface area is 144 Å². The molecule has 0 fully saturated rings. The van der Waals surface area contributed by atoms with Gasteiger partial charge in [-0.1, -0.05) is 44.5 Å². The van der Waals surface area contributed by atoms with Crippen molar-refractivity contribution in [2.75, 3.05) is 19.0 Å². The van der Waals surface area contributed by atoms with Crippen molar-refractivity contribution in [2.24, 2.45) is 0 Å². The summed E-state index contributed by atoms with van der Waals surface area (Å²) in [4.78, 5) is 12.7.